The molecule has 0 N–H and O–H groups in total. The Balaban J connectivity index is 2.32. The monoisotopic (exact) mass is 371 g/mol. The van der Waals surface area contributed by atoms with Crippen LogP contribution in [0, 0.1) is 0 Å². The van der Waals surface area contributed by atoms with Gasteiger partial charge in [0.2, 0.25) is 11.7 Å². The van der Waals surface area contributed by atoms with Gasteiger partial charge in [-0.25, -0.2) is 9.97 Å². The fourth-order valence-electron chi connectivity index (χ4n) is 2.66. The molecule has 0 bridgehead atoms. The SMILES string of the molecule is CC(C)N(C(=O)CSc1nc(C(F)(F)F)nc2ccccc12)C(C)C. The van der Waals surface area contributed by atoms with Crippen LogP contribution in [0.25, 0.3) is 10.9 Å². The number of carbonyl (C=O) groups excluding carboxylic acids is 1. The number of hydrogen-bond acceptors (Lipinski definition) is 4. The molecule has 0 saturated heterocycles. The van der Waals surface area contributed by atoms with E-state index in [1.807, 2.05) is 27.7 Å². The van der Waals surface area contributed by atoms with E-state index < -0.39 is 12.0 Å². The summed E-state index contributed by atoms with van der Waals surface area (Å²) in [5.74, 6) is -1.30. The van der Waals surface area contributed by atoms with Gasteiger partial charge < -0.3 is 4.90 Å². The molecule has 0 fully saturated rings. The van der Waals surface area contributed by atoms with E-state index in [4.69, 9.17) is 0 Å². The van der Waals surface area contributed by atoms with Gasteiger partial charge in [-0.05, 0) is 33.8 Å². The lowest BCUT2D eigenvalue weighted by molar-refractivity contribution is -0.145. The van der Waals surface area contributed by atoms with Crippen molar-refractivity contribution in [2.24, 2.45) is 0 Å². The first-order valence-electron chi connectivity index (χ1n) is 7.89. The summed E-state index contributed by atoms with van der Waals surface area (Å²) in [4.78, 5) is 21.4. The van der Waals surface area contributed by atoms with Crippen LogP contribution in [0.1, 0.15) is 33.5 Å². The molecule has 0 unspecified atom stereocenters. The number of halogens is 3. The molecule has 1 amide bonds. The molecule has 1 heterocycles. The van der Waals surface area contributed by atoms with Crippen molar-refractivity contribution in [1.82, 2.24) is 14.9 Å². The second-order valence-corrected chi connectivity index (χ2v) is 7.11. The summed E-state index contributed by atoms with van der Waals surface area (Å²) in [6.45, 7) is 7.63. The molecule has 8 heteroatoms. The van der Waals surface area contributed by atoms with Gasteiger partial charge in [0, 0.05) is 17.5 Å². The summed E-state index contributed by atoms with van der Waals surface area (Å²) in [6.07, 6.45) is -4.63. The Kier molecular flexibility index (Phi) is 5.92. The van der Waals surface area contributed by atoms with Crippen LogP contribution in [0.3, 0.4) is 0 Å². The largest absolute Gasteiger partial charge is 0.451 e. The molecule has 0 aliphatic carbocycles. The van der Waals surface area contributed by atoms with Crippen molar-refractivity contribution in [2.75, 3.05) is 5.75 Å². The Morgan fingerprint density at radius 3 is 2.28 bits per heavy atom. The number of benzene rings is 1. The van der Waals surface area contributed by atoms with Crippen molar-refractivity contribution < 1.29 is 18.0 Å². The first kappa shape index (κ1) is 19.5. The molecule has 0 aliphatic rings. The van der Waals surface area contributed by atoms with Crippen LogP contribution in [-0.4, -0.2) is 38.6 Å². The van der Waals surface area contributed by atoms with Gasteiger partial charge in [0.1, 0.15) is 5.03 Å². The van der Waals surface area contributed by atoms with E-state index in [2.05, 4.69) is 9.97 Å². The highest BCUT2D eigenvalue weighted by molar-refractivity contribution is 8.00. The maximum Gasteiger partial charge on any atom is 0.451 e. The van der Waals surface area contributed by atoms with E-state index in [9.17, 15) is 18.0 Å². The third-order valence-electron chi connectivity index (χ3n) is 3.55. The maximum atomic E-state index is 13.0. The normalized spacial score (nSPS) is 12.2. The molecule has 0 atom stereocenters. The number of hydrogen-bond donors (Lipinski definition) is 0. The summed E-state index contributed by atoms with van der Waals surface area (Å²) in [6, 6.07) is 6.52. The number of para-hydroxylation sites is 1. The predicted molar refractivity (Wildman–Crippen MR) is 92.4 cm³/mol. The molecule has 0 aliphatic heterocycles. The molecule has 0 saturated carbocycles. The fourth-order valence-corrected chi connectivity index (χ4v) is 3.55. The summed E-state index contributed by atoms with van der Waals surface area (Å²) >= 11 is 1.01. The quantitative estimate of drug-likeness (QED) is 0.578. The van der Waals surface area contributed by atoms with E-state index in [0.29, 0.717) is 5.39 Å². The van der Waals surface area contributed by atoms with E-state index >= 15 is 0 Å². The van der Waals surface area contributed by atoms with Crippen molar-refractivity contribution in [3.05, 3.63) is 30.1 Å². The molecule has 0 spiro atoms. The lowest BCUT2D eigenvalue weighted by Gasteiger charge is -2.30. The number of thioether (sulfide) groups is 1. The van der Waals surface area contributed by atoms with Crippen LogP contribution in [0.4, 0.5) is 13.2 Å². The van der Waals surface area contributed by atoms with Crippen molar-refractivity contribution >= 4 is 28.6 Å². The van der Waals surface area contributed by atoms with Crippen LogP contribution in [0.5, 0.6) is 0 Å². The number of alkyl halides is 3. The molecular weight excluding hydrogens is 351 g/mol. The lowest BCUT2D eigenvalue weighted by atomic mass is 10.2. The van der Waals surface area contributed by atoms with Crippen molar-refractivity contribution in [3.8, 4) is 0 Å². The third kappa shape index (κ3) is 4.62. The number of nitrogens with zero attached hydrogens (tertiary/aromatic N) is 3. The minimum atomic E-state index is -4.63. The van der Waals surface area contributed by atoms with E-state index in [1.165, 1.54) is 6.07 Å². The van der Waals surface area contributed by atoms with Gasteiger partial charge in [-0.3, -0.25) is 4.79 Å². The molecule has 2 aromatic rings. The van der Waals surface area contributed by atoms with Gasteiger partial charge in [-0.2, -0.15) is 13.2 Å². The van der Waals surface area contributed by atoms with Crippen LogP contribution < -0.4 is 0 Å². The fraction of sp³-hybridized carbons (Fsp3) is 0.471. The highest BCUT2D eigenvalue weighted by Gasteiger charge is 2.35. The highest BCUT2D eigenvalue weighted by Crippen LogP contribution is 2.32. The van der Waals surface area contributed by atoms with Crippen molar-refractivity contribution in [2.45, 2.75) is 51.0 Å². The Morgan fingerprint density at radius 1 is 1.12 bits per heavy atom. The Labute approximate surface area is 148 Å². The van der Waals surface area contributed by atoms with Gasteiger partial charge in [-0.1, -0.05) is 30.0 Å². The van der Waals surface area contributed by atoms with Crippen LogP contribution in [0.2, 0.25) is 0 Å². The summed E-state index contributed by atoms with van der Waals surface area (Å²) < 4.78 is 39.1. The van der Waals surface area contributed by atoms with Gasteiger partial charge >= 0.3 is 6.18 Å². The molecule has 2 rings (SSSR count). The van der Waals surface area contributed by atoms with Gasteiger partial charge in [0.15, 0.2) is 0 Å². The van der Waals surface area contributed by atoms with Crippen LogP contribution in [0.15, 0.2) is 29.3 Å². The summed E-state index contributed by atoms with van der Waals surface area (Å²) in [7, 11) is 0. The topological polar surface area (TPSA) is 46.1 Å². The first-order chi connectivity index (χ1) is 11.6. The van der Waals surface area contributed by atoms with E-state index in [0.717, 1.165) is 11.8 Å². The third-order valence-corrected chi connectivity index (χ3v) is 4.53. The van der Waals surface area contributed by atoms with Gasteiger partial charge in [0.05, 0.1) is 11.3 Å². The second-order valence-electron chi connectivity index (χ2n) is 6.14. The summed E-state index contributed by atoms with van der Waals surface area (Å²) in [5.41, 5.74) is 0.212. The average molecular weight is 371 g/mol. The number of aromatic nitrogens is 2. The minimum Gasteiger partial charge on any atom is -0.337 e. The lowest BCUT2D eigenvalue weighted by Crippen LogP contribution is -2.43. The smallest absolute Gasteiger partial charge is 0.337 e. The predicted octanol–water partition coefficient (Wildman–Crippen LogP) is 4.39. The second kappa shape index (κ2) is 7.59. The number of rotatable bonds is 5. The zero-order valence-electron chi connectivity index (χ0n) is 14.5. The van der Waals surface area contributed by atoms with Gasteiger partial charge in [0.25, 0.3) is 0 Å². The first-order valence-corrected chi connectivity index (χ1v) is 8.87. The number of amides is 1. The van der Waals surface area contributed by atoms with E-state index in [-0.39, 0.29) is 34.3 Å². The Bertz CT molecular complexity index is 754. The average Bonchev–Trinajstić information content (AvgIpc) is 2.50. The minimum absolute atomic E-state index is 0.0148. The Hall–Kier alpha value is -1.83. The Morgan fingerprint density at radius 2 is 1.72 bits per heavy atom. The zero-order valence-corrected chi connectivity index (χ0v) is 15.3. The molecule has 0 radical (unpaired) electrons. The summed E-state index contributed by atoms with van der Waals surface area (Å²) in [5, 5.41) is 0.674. The van der Waals surface area contributed by atoms with Crippen molar-refractivity contribution in [3.63, 3.8) is 0 Å². The van der Waals surface area contributed by atoms with Gasteiger partial charge in [-0.15, -0.1) is 0 Å². The highest BCUT2D eigenvalue weighted by atomic mass is 32.2. The zero-order chi connectivity index (χ0) is 18.8. The number of carbonyl (C=O) groups is 1. The molecular formula is C17H20F3N3OS. The van der Waals surface area contributed by atoms with Crippen LogP contribution >= 0.6 is 11.8 Å². The molecule has 1 aromatic carbocycles. The maximum absolute atomic E-state index is 13.0. The molecule has 1 aromatic heterocycles. The molecule has 4 nitrogen and oxygen atoms in total. The molecule has 136 valence electrons. The standard InChI is InChI=1S/C17H20F3N3OS/c1-10(2)23(11(3)4)14(24)9-25-15-12-7-5-6-8-13(12)21-16(22-15)17(18,19)20/h5-8,10-11H,9H2,1-4H3. The van der Waals surface area contributed by atoms with Crippen LogP contribution in [-0.2, 0) is 11.0 Å². The van der Waals surface area contributed by atoms with Crippen molar-refractivity contribution in [1.29, 1.82) is 0 Å². The number of fused-ring (bicyclic) bond motifs is 1. The molecule has 25 heavy (non-hydrogen) atoms. The van der Waals surface area contributed by atoms with E-state index in [1.54, 1.807) is 23.1 Å².